The number of rotatable bonds is 1. The summed E-state index contributed by atoms with van der Waals surface area (Å²) in [4.78, 5) is 5.10. The van der Waals surface area contributed by atoms with Crippen molar-refractivity contribution in [3.63, 3.8) is 0 Å². The van der Waals surface area contributed by atoms with Crippen molar-refractivity contribution in [2.45, 2.75) is 0 Å². The minimum Gasteiger partial charge on any atom is -0.264 e. The van der Waals surface area contributed by atoms with Crippen LogP contribution in [0, 0.1) is 7.05 Å². The van der Waals surface area contributed by atoms with Crippen molar-refractivity contribution in [3.05, 3.63) is 31.6 Å². The minimum atomic E-state index is 0.540. The van der Waals surface area contributed by atoms with Crippen molar-refractivity contribution in [1.29, 1.82) is 0 Å². The Morgan fingerprint density at radius 2 is 2.33 bits per heavy atom. The van der Waals surface area contributed by atoms with Crippen molar-refractivity contribution < 1.29 is 0 Å². The molecule has 0 aliphatic heterocycles. The minimum absolute atomic E-state index is 0.540. The van der Waals surface area contributed by atoms with E-state index in [0.717, 1.165) is 5.56 Å². The Hall–Kier alpha value is -1.78. The molecule has 5 heteroatoms. The number of nitrogens with zero attached hydrogens (tertiary/aromatic N) is 5. The Bertz CT molecular complexity index is 366. The molecule has 0 aliphatic carbocycles. The molecule has 5 nitrogen and oxygen atoms in total. The normalized spacial score (nSPS) is 10.1. The molecular weight excluding hydrogens is 154 g/mol. The zero-order chi connectivity index (χ0) is 8.39. The van der Waals surface area contributed by atoms with Gasteiger partial charge in [0.2, 0.25) is 5.82 Å². The van der Waals surface area contributed by atoms with E-state index >= 15 is 0 Å². The van der Waals surface area contributed by atoms with E-state index in [2.05, 4.69) is 27.4 Å². The lowest BCUT2D eigenvalue weighted by Gasteiger charge is -1.89. The van der Waals surface area contributed by atoms with Gasteiger partial charge in [0.05, 0.1) is 7.05 Å². The van der Waals surface area contributed by atoms with Crippen LogP contribution in [0.15, 0.2) is 24.5 Å². The number of hydrogen-bond acceptors (Lipinski definition) is 4. The summed E-state index contributed by atoms with van der Waals surface area (Å²) in [6, 6.07) is 3.68. The molecule has 12 heavy (non-hydrogen) atoms. The quantitative estimate of drug-likeness (QED) is 0.605. The average Bonchev–Trinajstić information content (AvgIpc) is 2.54. The maximum atomic E-state index is 3.93. The summed E-state index contributed by atoms with van der Waals surface area (Å²) < 4.78 is 0. The third-order valence-electron chi connectivity index (χ3n) is 1.37. The second-order valence-corrected chi connectivity index (χ2v) is 2.23. The van der Waals surface area contributed by atoms with E-state index in [0.29, 0.717) is 5.82 Å². The van der Waals surface area contributed by atoms with E-state index in [1.165, 1.54) is 4.80 Å². The molecule has 0 amide bonds. The SMILES string of the molecule is [CH2]n1nnc(-c2cccnc2)n1. The lowest BCUT2D eigenvalue weighted by Crippen LogP contribution is -1.89. The molecule has 0 aliphatic rings. The van der Waals surface area contributed by atoms with Gasteiger partial charge in [-0.1, -0.05) is 0 Å². The van der Waals surface area contributed by atoms with Crippen molar-refractivity contribution in [2.75, 3.05) is 0 Å². The number of pyridine rings is 1. The summed E-state index contributed by atoms with van der Waals surface area (Å²) in [6.07, 6.45) is 3.37. The maximum absolute atomic E-state index is 3.93. The predicted molar refractivity (Wildman–Crippen MR) is 41.8 cm³/mol. The van der Waals surface area contributed by atoms with Gasteiger partial charge < -0.3 is 0 Å². The van der Waals surface area contributed by atoms with Crippen molar-refractivity contribution >= 4 is 0 Å². The van der Waals surface area contributed by atoms with Gasteiger partial charge in [-0.3, -0.25) is 4.98 Å². The molecule has 1 radical (unpaired) electrons. The molecule has 2 heterocycles. The zero-order valence-corrected chi connectivity index (χ0v) is 6.25. The standard InChI is InChI=1S/C7H6N5/c1-12-10-7(9-11-12)6-3-2-4-8-5-6/h2-5H,1H2. The highest BCUT2D eigenvalue weighted by Crippen LogP contribution is 2.09. The Kier molecular flexibility index (Phi) is 1.55. The summed E-state index contributed by atoms with van der Waals surface area (Å²) in [5, 5.41) is 11.3. The van der Waals surface area contributed by atoms with Crippen LogP contribution in [0.2, 0.25) is 0 Å². The van der Waals surface area contributed by atoms with Gasteiger partial charge in [0, 0.05) is 18.0 Å². The van der Waals surface area contributed by atoms with Crippen LogP contribution in [0.5, 0.6) is 0 Å². The largest absolute Gasteiger partial charge is 0.264 e. The van der Waals surface area contributed by atoms with E-state index in [4.69, 9.17) is 0 Å². The molecule has 2 rings (SSSR count). The number of aromatic nitrogens is 5. The lowest BCUT2D eigenvalue weighted by atomic mass is 10.3. The van der Waals surface area contributed by atoms with Crippen LogP contribution in [-0.4, -0.2) is 25.2 Å². The topological polar surface area (TPSA) is 56.5 Å². The summed E-state index contributed by atoms with van der Waals surface area (Å²) in [5.41, 5.74) is 0.840. The van der Waals surface area contributed by atoms with Crippen molar-refractivity contribution in [2.24, 2.45) is 0 Å². The fourth-order valence-corrected chi connectivity index (χ4v) is 0.854. The van der Waals surface area contributed by atoms with Crippen molar-refractivity contribution in [3.8, 4) is 11.4 Å². The monoisotopic (exact) mass is 160 g/mol. The van der Waals surface area contributed by atoms with Crippen LogP contribution in [-0.2, 0) is 0 Å². The van der Waals surface area contributed by atoms with Gasteiger partial charge in [-0.05, 0) is 17.3 Å². The van der Waals surface area contributed by atoms with Crippen LogP contribution in [0.25, 0.3) is 11.4 Å². The van der Waals surface area contributed by atoms with Gasteiger partial charge >= 0.3 is 0 Å². The van der Waals surface area contributed by atoms with E-state index in [1.54, 1.807) is 12.4 Å². The first-order chi connectivity index (χ1) is 5.86. The van der Waals surface area contributed by atoms with Gasteiger partial charge in [0.15, 0.2) is 0 Å². The van der Waals surface area contributed by atoms with Crippen LogP contribution in [0.1, 0.15) is 0 Å². The summed E-state index contributed by atoms with van der Waals surface area (Å²) in [7, 11) is 3.48. The highest BCUT2D eigenvalue weighted by molar-refractivity contribution is 5.51. The molecule has 0 saturated carbocycles. The summed E-state index contributed by atoms with van der Waals surface area (Å²) in [5.74, 6) is 0.540. The summed E-state index contributed by atoms with van der Waals surface area (Å²) >= 11 is 0. The van der Waals surface area contributed by atoms with Gasteiger partial charge in [0.1, 0.15) is 0 Å². The van der Waals surface area contributed by atoms with E-state index in [1.807, 2.05) is 12.1 Å². The molecule has 0 bridgehead atoms. The Morgan fingerprint density at radius 3 is 2.92 bits per heavy atom. The second kappa shape index (κ2) is 2.69. The number of hydrogen-bond donors (Lipinski definition) is 0. The summed E-state index contributed by atoms with van der Waals surface area (Å²) in [6.45, 7) is 0. The molecule has 0 spiro atoms. The highest BCUT2D eigenvalue weighted by atomic mass is 15.6. The lowest BCUT2D eigenvalue weighted by molar-refractivity contribution is 0.714. The Labute approximate surface area is 69.1 Å². The highest BCUT2D eigenvalue weighted by Gasteiger charge is 2.01. The predicted octanol–water partition coefficient (Wildman–Crippen LogP) is 0.375. The maximum Gasteiger partial charge on any atom is 0.206 e. The smallest absolute Gasteiger partial charge is 0.206 e. The third kappa shape index (κ3) is 1.16. The molecule has 0 unspecified atom stereocenters. The fraction of sp³-hybridized carbons (Fsp3) is 0. The molecule has 0 aromatic carbocycles. The molecule has 59 valence electrons. The third-order valence-corrected chi connectivity index (χ3v) is 1.37. The van der Waals surface area contributed by atoms with Gasteiger partial charge in [-0.25, -0.2) is 0 Å². The van der Waals surface area contributed by atoms with Crippen LogP contribution in [0.4, 0.5) is 0 Å². The first-order valence-electron chi connectivity index (χ1n) is 3.37. The molecular formula is C7H6N5. The van der Waals surface area contributed by atoms with Gasteiger partial charge in [0.25, 0.3) is 0 Å². The van der Waals surface area contributed by atoms with E-state index in [9.17, 15) is 0 Å². The molecule has 0 atom stereocenters. The van der Waals surface area contributed by atoms with Crippen LogP contribution < -0.4 is 0 Å². The van der Waals surface area contributed by atoms with Crippen LogP contribution in [0.3, 0.4) is 0 Å². The van der Waals surface area contributed by atoms with Gasteiger partial charge in [-0.15, -0.1) is 10.2 Å². The van der Waals surface area contributed by atoms with E-state index in [-0.39, 0.29) is 0 Å². The van der Waals surface area contributed by atoms with Crippen molar-refractivity contribution in [1.82, 2.24) is 25.2 Å². The first kappa shape index (κ1) is 6.90. The average molecular weight is 160 g/mol. The first-order valence-corrected chi connectivity index (χ1v) is 3.37. The molecule has 0 N–H and O–H groups in total. The second-order valence-electron chi connectivity index (χ2n) is 2.23. The zero-order valence-electron chi connectivity index (χ0n) is 6.25. The van der Waals surface area contributed by atoms with E-state index < -0.39 is 0 Å². The molecule has 0 fully saturated rings. The molecule has 0 saturated heterocycles. The van der Waals surface area contributed by atoms with Gasteiger partial charge in [-0.2, -0.15) is 4.80 Å². The Morgan fingerprint density at radius 1 is 1.42 bits per heavy atom. The number of tetrazole rings is 1. The fourth-order valence-electron chi connectivity index (χ4n) is 0.854. The molecule has 2 aromatic rings. The molecule has 2 aromatic heterocycles. The Balaban J connectivity index is 2.45. The van der Waals surface area contributed by atoms with Crippen LogP contribution >= 0.6 is 0 Å².